The van der Waals surface area contributed by atoms with Gasteiger partial charge in [-0.25, -0.2) is 4.98 Å². The Kier molecular flexibility index (Phi) is 2.79. The van der Waals surface area contributed by atoms with Crippen LogP contribution in [0.1, 0.15) is 25.8 Å². The minimum absolute atomic E-state index is 0.0792. The van der Waals surface area contributed by atoms with E-state index in [1.807, 2.05) is 18.2 Å². The molecule has 0 unspecified atom stereocenters. The Morgan fingerprint density at radius 1 is 1.08 bits per heavy atom. The molecule has 0 N–H and O–H groups in total. The van der Waals surface area contributed by atoms with Gasteiger partial charge in [0.05, 0.1) is 0 Å². The summed E-state index contributed by atoms with van der Waals surface area (Å²) in [5, 5.41) is 2.06. The summed E-state index contributed by atoms with van der Waals surface area (Å²) < 4.78 is 12.5. The average molecular weight is 331 g/mol. The molecule has 0 saturated carbocycles. The van der Waals surface area contributed by atoms with Crippen LogP contribution in [0.25, 0.3) is 33.3 Å². The lowest BCUT2D eigenvalue weighted by atomic mass is 9.91. The fourth-order valence-corrected chi connectivity index (χ4v) is 3.64. The zero-order chi connectivity index (χ0) is 17.2. The summed E-state index contributed by atoms with van der Waals surface area (Å²) in [7, 11) is 0. The molecule has 25 heavy (non-hydrogen) atoms. The number of ether oxygens (including phenoxy) is 1. The van der Waals surface area contributed by atoms with E-state index in [2.05, 4.69) is 19.9 Å². The first kappa shape index (κ1) is 14.5. The summed E-state index contributed by atoms with van der Waals surface area (Å²) in [6, 6.07) is 12.9. The van der Waals surface area contributed by atoms with Gasteiger partial charge in [-0.05, 0) is 38.8 Å². The summed E-state index contributed by atoms with van der Waals surface area (Å²) in [4.78, 5) is 16.5. The topological polar surface area (TPSA) is 52.3 Å². The average Bonchev–Trinajstić information content (AvgIpc) is 2.60. The Bertz CT molecular complexity index is 1170. The maximum absolute atomic E-state index is 11.7. The molecule has 3 aliphatic rings. The SMILES string of the molecule is CC1(C)CCc2c(c3ccccc3c3nc4ccc(=O)cc-4oc23)O1. The van der Waals surface area contributed by atoms with Gasteiger partial charge in [0, 0.05) is 22.4 Å². The highest BCUT2D eigenvalue weighted by atomic mass is 16.5. The van der Waals surface area contributed by atoms with Crippen LogP contribution in [-0.2, 0) is 6.42 Å². The van der Waals surface area contributed by atoms with Gasteiger partial charge < -0.3 is 9.15 Å². The van der Waals surface area contributed by atoms with E-state index >= 15 is 0 Å². The van der Waals surface area contributed by atoms with E-state index in [9.17, 15) is 4.79 Å². The van der Waals surface area contributed by atoms with Gasteiger partial charge in [0.1, 0.15) is 22.6 Å². The Balaban J connectivity index is 1.99. The molecule has 2 aromatic rings. The van der Waals surface area contributed by atoms with Crippen molar-refractivity contribution >= 4 is 21.9 Å². The van der Waals surface area contributed by atoms with E-state index in [1.165, 1.54) is 12.1 Å². The minimum atomic E-state index is -0.212. The summed E-state index contributed by atoms with van der Waals surface area (Å²) in [5.41, 5.74) is 2.99. The third kappa shape index (κ3) is 2.14. The second kappa shape index (κ2) is 4.82. The zero-order valence-corrected chi connectivity index (χ0v) is 14.1. The maximum Gasteiger partial charge on any atom is 0.182 e. The van der Waals surface area contributed by atoms with Gasteiger partial charge in [-0.1, -0.05) is 24.3 Å². The minimum Gasteiger partial charge on any atom is -0.487 e. The predicted molar refractivity (Wildman–Crippen MR) is 97.4 cm³/mol. The third-order valence-electron chi connectivity index (χ3n) is 4.92. The Morgan fingerprint density at radius 3 is 2.72 bits per heavy atom. The molecule has 0 spiro atoms. The first-order valence-corrected chi connectivity index (χ1v) is 8.49. The van der Waals surface area contributed by atoms with Gasteiger partial charge >= 0.3 is 0 Å². The fourth-order valence-electron chi connectivity index (χ4n) is 3.64. The van der Waals surface area contributed by atoms with Crippen LogP contribution in [0.15, 0.2) is 51.7 Å². The first-order valence-electron chi connectivity index (χ1n) is 8.49. The summed E-state index contributed by atoms with van der Waals surface area (Å²) >= 11 is 0. The van der Waals surface area contributed by atoms with Crippen molar-refractivity contribution in [3.05, 3.63) is 58.3 Å². The van der Waals surface area contributed by atoms with E-state index in [0.717, 1.165) is 46.0 Å². The van der Waals surface area contributed by atoms with E-state index in [4.69, 9.17) is 14.1 Å². The van der Waals surface area contributed by atoms with E-state index < -0.39 is 0 Å². The molecule has 4 nitrogen and oxygen atoms in total. The molecular formula is C21H17NO3. The van der Waals surface area contributed by atoms with Crippen LogP contribution in [0.3, 0.4) is 0 Å². The molecule has 0 bridgehead atoms. The smallest absolute Gasteiger partial charge is 0.182 e. The molecule has 0 atom stereocenters. The van der Waals surface area contributed by atoms with E-state index in [-0.39, 0.29) is 11.0 Å². The number of fused-ring (bicyclic) bond motifs is 7. The number of rotatable bonds is 0. The van der Waals surface area contributed by atoms with Gasteiger partial charge in [0.15, 0.2) is 16.8 Å². The van der Waals surface area contributed by atoms with Crippen molar-refractivity contribution < 1.29 is 9.15 Å². The molecular weight excluding hydrogens is 314 g/mol. The number of nitrogens with zero attached hydrogens (tertiary/aromatic N) is 1. The highest BCUT2D eigenvalue weighted by molar-refractivity contribution is 6.09. The normalized spacial score (nSPS) is 16.1. The predicted octanol–water partition coefficient (Wildman–Crippen LogP) is 4.55. The monoisotopic (exact) mass is 331 g/mol. The van der Waals surface area contributed by atoms with Crippen molar-refractivity contribution in [2.75, 3.05) is 0 Å². The number of hydrogen-bond acceptors (Lipinski definition) is 4. The Hall–Kier alpha value is -2.88. The molecule has 124 valence electrons. The fraction of sp³-hybridized carbons (Fsp3) is 0.238. The van der Waals surface area contributed by atoms with Crippen LogP contribution < -0.4 is 10.2 Å². The second-order valence-electron chi connectivity index (χ2n) is 7.24. The van der Waals surface area contributed by atoms with Crippen molar-refractivity contribution in [2.45, 2.75) is 32.3 Å². The molecule has 0 saturated heterocycles. The van der Waals surface area contributed by atoms with Gasteiger partial charge in [-0.15, -0.1) is 0 Å². The van der Waals surface area contributed by atoms with Crippen molar-refractivity contribution in [1.29, 1.82) is 0 Å². The molecule has 1 aliphatic carbocycles. The molecule has 5 rings (SSSR count). The molecule has 0 aromatic heterocycles. The zero-order valence-electron chi connectivity index (χ0n) is 14.1. The quantitative estimate of drug-likeness (QED) is 0.350. The lowest BCUT2D eigenvalue weighted by Gasteiger charge is -2.33. The largest absolute Gasteiger partial charge is 0.487 e. The van der Waals surface area contributed by atoms with Crippen LogP contribution in [0.5, 0.6) is 5.75 Å². The third-order valence-corrected chi connectivity index (χ3v) is 4.92. The molecule has 4 heteroatoms. The highest BCUT2D eigenvalue weighted by Gasteiger charge is 2.31. The van der Waals surface area contributed by atoms with Crippen LogP contribution in [0, 0.1) is 0 Å². The number of benzene rings is 3. The lowest BCUT2D eigenvalue weighted by Crippen LogP contribution is -2.32. The maximum atomic E-state index is 11.7. The van der Waals surface area contributed by atoms with Crippen molar-refractivity contribution in [3.8, 4) is 17.2 Å². The van der Waals surface area contributed by atoms with Gasteiger partial charge in [-0.3, -0.25) is 4.79 Å². The molecule has 0 fully saturated rings. The van der Waals surface area contributed by atoms with Crippen LogP contribution in [0.4, 0.5) is 0 Å². The van der Waals surface area contributed by atoms with Crippen LogP contribution in [-0.4, -0.2) is 10.6 Å². The van der Waals surface area contributed by atoms with E-state index in [1.54, 1.807) is 6.07 Å². The number of aromatic nitrogens is 1. The summed E-state index contributed by atoms with van der Waals surface area (Å²) in [5.74, 6) is 1.39. The molecule has 2 aromatic carbocycles. The number of aryl methyl sites for hydroxylation is 1. The molecule has 2 heterocycles. The van der Waals surface area contributed by atoms with Gasteiger partial charge in [0.25, 0.3) is 0 Å². The summed E-state index contributed by atoms with van der Waals surface area (Å²) in [6.45, 7) is 4.21. The molecule has 0 radical (unpaired) electrons. The van der Waals surface area contributed by atoms with Crippen LogP contribution >= 0.6 is 0 Å². The van der Waals surface area contributed by atoms with Crippen molar-refractivity contribution in [3.63, 3.8) is 0 Å². The Morgan fingerprint density at radius 2 is 1.88 bits per heavy atom. The molecule has 2 aliphatic heterocycles. The van der Waals surface area contributed by atoms with Gasteiger partial charge in [-0.2, -0.15) is 0 Å². The highest BCUT2D eigenvalue weighted by Crippen LogP contribution is 2.44. The van der Waals surface area contributed by atoms with Crippen LogP contribution in [0.2, 0.25) is 0 Å². The summed E-state index contributed by atoms with van der Waals surface area (Å²) in [6.07, 6.45) is 1.76. The molecule has 0 amide bonds. The number of hydrogen-bond donors (Lipinski definition) is 0. The lowest BCUT2D eigenvalue weighted by molar-refractivity contribution is 0.0870. The first-order chi connectivity index (χ1) is 12.0. The Labute approximate surface area is 144 Å². The van der Waals surface area contributed by atoms with Crippen molar-refractivity contribution in [2.24, 2.45) is 0 Å². The standard InChI is InChI=1S/C21H17NO3/c1-21(2)10-9-15-19(25-21)14-6-4-3-5-13(14)18-20(15)24-17-11-12(23)7-8-16(17)22-18/h3-8,11H,9-10H2,1-2H3. The van der Waals surface area contributed by atoms with Gasteiger partial charge in [0.2, 0.25) is 0 Å². The van der Waals surface area contributed by atoms with Crippen molar-refractivity contribution in [1.82, 2.24) is 4.98 Å². The van der Waals surface area contributed by atoms with E-state index in [0.29, 0.717) is 11.5 Å². The second-order valence-corrected chi connectivity index (χ2v) is 7.24.